The minimum Gasteiger partial charge on any atom is -0.496 e. The molecule has 0 unspecified atom stereocenters. The van der Waals surface area contributed by atoms with Crippen LogP contribution in [0, 0.1) is 5.82 Å². The molecule has 0 saturated heterocycles. The van der Waals surface area contributed by atoms with E-state index in [0.29, 0.717) is 40.0 Å². The normalized spacial score (nSPS) is 10.6. The first-order valence-electron chi connectivity index (χ1n) is 8.34. The van der Waals surface area contributed by atoms with E-state index in [0.717, 1.165) is 0 Å². The Labute approximate surface area is 154 Å². The van der Waals surface area contributed by atoms with Crippen molar-refractivity contribution in [1.29, 1.82) is 0 Å². The summed E-state index contributed by atoms with van der Waals surface area (Å²) in [5, 5.41) is 13.1. The van der Waals surface area contributed by atoms with Crippen molar-refractivity contribution in [3.05, 3.63) is 47.8 Å². The van der Waals surface area contributed by atoms with Crippen molar-refractivity contribution >= 4 is 22.7 Å². The second-order valence-corrected chi connectivity index (χ2v) is 5.92. The topological polar surface area (TPSA) is 96.1 Å². The monoisotopic (exact) mass is 370 g/mol. The largest absolute Gasteiger partial charge is 0.496 e. The molecule has 140 valence electrons. The maximum Gasteiger partial charge on any atom is 0.255 e. The Morgan fingerprint density at radius 1 is 1.19 bits per heavy atom. The summed E-state index contributed by atoms with van der Waals surface area (Å²) in [6.07, 6.45) is 0. The lowest BCUT2D eigenvalue weighted by Crippen LogP contribution is -2.33. The minimum atomic E-state index is -0.368. The van der Waals surface area contributed by atoms with E-state index in [9.17, 15) is 14.0 Å². The number of aromatic amines is 1. The molecule has 0 aliphatic carbocycles. The molecule has 3 rings (SSSR count). The number of H-pyrrole nitrogens is 1. The van der Waals surface area contributed by atoms with Crippen LogP contribution in [-0.2, 0) is 4.79 Å². The number of methoxy groups -OCH3 is 1. The third-order valence-corrected chi connectivity index (χ3v) is 4.01. The summed E-state index contributed by atoms with van der Waals surface area (Å²) in [5.74, 6) is -0.492. The fourth-order valence-electron chi connectivity index (χ4n) is 2.76. The molecule has 3 N–H and O–H groups in total. The van der Waals surface area contributed by atoms with Crippen LogP contribution in [0.25, 0.3) is 22.2 Å². The van der Waals surface area contributed by atoms with Gasteiger partial charge in [0.1, 0.15) is 17.3 Å². The molecule has 0 radical (unpaired) electrons. The van der Waals surface area contributed by atoms with Crippen molar-refractivity contribution in [2.75, 3.05) is 20.2 Å². The van der Waals surface area contributed by atoms with Gasteiger partial charge in [0.15, 0.2) is 0 Å². The highest BCUT2D eigenvalue weighted by Gasteiger charge is 2.17. The molecule has 0 aliphatic heterocycles. The molecule has 3 aromatic rings. The van der Waals surface area contributed by atoms with Crippen LogP contribution < -0.4 is 15.4 Å². The predicted octanol–water partition coefficient (Wildman–Crippen LogP) is 2.24. The zero-order valence-corrected chi connectivity index (χ0v) is 14.9. The first-order valence-corrected chi connectivity index (χ1v) is 8.34. The van der Waals surface area contributed by atoms with E-state index in [1.54, 1.807) is 24.3 Å². The maximum atomic E-state index is 13.6. The Morgan fingerprint density at radius 3 is 2.67 bits per heavy atom. The number of carbonyl (C=O) groups excluding carboxylic acids is 2. The fraction of sp³-hybridized carbons (Fsp3) is 0.211. The van der Waals surface area contributed by atoms with Crippen LogP contribution in [0.4, 0.5) is 4.39 Å². The highest BCUT2D eigenvalue weighted by Crippen LogP contribution is 2.31. The number of ether oxygens (including phenoxy) is 1. The minimum absolute atomic E-state index is 0.165. The van der Waals surface area contributed by atoms with Gasteiger partial charge < -0.3 is 15.4 Å². The number of hydrogen-bond donors (Lipinski definition) is 3. The Morgan fingerprint density at radius 2 is 1.96 bits per heavy atom. The van der Waals surface area contributed by atoms with Gasteiger partial charge in [0.2, 0.25) is 5.91 Å². The van der Waals surface area contributed by atoms with Crippen LogP contribution in [0.15, 0.2) is 36.4 Å². The Kier molecular flexibility index (Phi) is 5.35. The van der Waals surface area contributed by atoms with E-state index >= 15 is 0 Å². The molecular formula is C19H19FN4O3. The SMILES string of the molecule is COc1cc2[nH]nc(-c3cccc(F)c3)c2cc1C(=O)NCCNC(C)=O. The lowest BCUT2D eigenvalue weighted by Gasteiger charge is -2.10. The van der Waals surface area contributed by atoms with Gasteiger partial charge >= 0.3 is 0 Å². The number of carbonyl (C=O) groups is 2. The van der Waals surface area contributed by atoms with Crippen LogP contribution in [0.5, 0.6) is 5.75 Å². The van der Waals surface area contributed by atoms with Crippen molar-refractivity contribution in [3.63, 3.8) is 0 Å². The number of nitrogens with zero attached hydrogens (tertiary/aromatic N) is 1. The first kappa shape index (κ1) is 18.4. The van der Waals surface area contributed by atoms with Crippen molar-refractivity contribution in [2.45, 2.75) is 6.92 Å². The molecule has 1 aromatic heterocycles. The van der Waals surface area contributed by atoms with Gasteiger partial charge in [-0.3, -0.25) is 14.7 Å². The van der Waals surface area contributed by atoms with E-state index < -0.39 is 0 Å². The number of hydrogen-bond acceptors (Lipinski definition) is 4. The molecule has 0 aliphatic rings. The van der Waals surface area contributed by atoms with Crippen molar-refractivity contribution in [3.8, 4) is 17.0 Å². The molecular weight excluding hydrogens is 351 g/mol. The van der Waals surface area contributed by atoms with Crippen LogP contribution >= 0.6 is 0 Å². The number of rotatable bonds is 6. The zero-order chi connectivity index (χ0) is 19.4. The highest BCUT2D eigenvalue weighted by molar-refractivity contribution is 6.04. The third-order valence-electron chi connectivity index (χ3n) is 4.01. The highest BCUT2D eigenvalue weighted by atomic mass is 19.1. The number of fused-ring (bicyclic) bond motifs is 1. The summed E-state index contributed by atoms with van der Waals surface area (Å²) < 4.78 is 18.9. The molecule has 2 amide bonds. The summed E-state index contributed by atoms with van der Waals surface area (Å²) in [6, 6.07) is 9.42. The molecule has 8 heteroatoms. The van der Waals surface area contributed by atoms with Gasteiger partial charge in [0, 0.05) is 37.0 Å². The van der Waals surface area contributed by atoms with Crippen LogP contribution in [0.1, 0.15) is 17.3 Å². The summed E-state index contributed by atoms with van der Waals surface area (Å²) in [7, 11) is 1.47. The van der Waals surface area contributed by atoms with Gasteiger partial charge in [0.05, 0.1) is 18.2 Å². The van der Waals surface area contributed by atoms with Crippen molar-refractivity contribution < 1.29 is 18.7 Å². The van der Waals surface area contributed by atoms with Crippen molar-refractivity contribution in [1.82, 2.24) is 20.8 Å². The van der Waals surface area contributed by atoms with Gasteiger partial charge in [0.25, 0.3) is 5.91 Å². The standard InChI is InChI=1S/C19H19FN4O3/c1-11(25)21-6-7-22-19(26)15-9-14-16(10-17(15)27-2)23-24-18(14)12-4-3-5-13(20)8-12/h3-5,8-10H,6-7H2,1-2H3,(H,21,25)(H,22,26)(H,23,24). The molecule has 2 aromatic carbocycles. The zero-order valence-electron chi connectivity index (χ0n) is 14.9. The smallest absolute Gasteiger partial charge is 0.255 e. The lowest BCUT2D eigenvalue weighted by molar-refractivity contribution is -0.118. The molecule has 0 fully saturated rings. The van der Waals surface area contributed by atoms with Gasteiger partial charge in [-0.25, -0.2) is 4.39 Å². The van der Waals surface area contributed by atoms with Crippen LogP contribution in [0.2, 0.25) is 0 Å². The second-order valence-electron chi connectivity index (χ2n) is 5.92. The molecule has 0 bridgehead atoms. The number of aromatic nitrogens is 2. The number of halogens is 1. The summed E-state index contributed by atoms with van der Waals surface area (Å²) in [6.45, 7) is 2.01. The molecule has 0 spiro atoms. The molecule has 0 saturated carbocycles. The first-order chi connectivity index (χ1) is 13.0. The average molecular weight is 370 g/mol. The molecule has 7 nitrogen and oxygen atoms in total. The van der Waals surface area contributed by atoms with Gasteiger partial charge in [-0.1, -0.05) is 12.1 Å². The maximum absolute atomic E-state index is 13.6. The van der Waals surface area contributed by atoms with E-state index in [2.05, 4.69) is 20.8 Å². The van der Waals surface area contributed by atoms with Crippen LogP contribution in [0.3, 0.4) is 0 Å². The van der Waals surface area contributed by atoms with E-state index in [4.69, 9.17) is 4.74 Å². The summed E-state index contributed by atoms with van der Waals surface area (Å²) in [5.41, 5.74) is 2.13. The number of nitrogens with one attached hydrogen (secondary N) is 3. The Bertz CT molecular complexity index is 1000. The van der Waals surface area contributed by atoms with Gasteiger partial charge in [-0.15, -0.1) is 0 Å². The third kappa shape index (κ3) is 4.05. The predicted molar refractivity (Wildman–Crippen MR) is 99.1 cm³/mol. The molecule has 1 heterocycles. The van der Waals surface area contributed by atoms with Crippen LogP contribution in [-0.4, -0.2) is 42.2 Å². The Hall–Kier alpha value is -3.42. The summed E-state index contributed by atoms with van der Waals surface area (Å²) in [4.78, 5) is 23.4. The van der Waals surface area contributed by atoms with E-state index in [1.807, 2.05) is 0 Å². The number of amides is 2. The summed E-state index contributed by atoms with van der Waals surface area (Å²) >= 11 is 0. The number of benzene rings is 2. The molecule has 0 atom stereocenters. The lowest BCUT2D eigenvalue weighted by atomic mass is 10.0. The molecule has 27 heavy (non-hydrogen) atoms. The average Bonchev–Trinajstić information content (AvgIpc) is 3.06. The fourth-order valence-corrected chi connectivity index (χ4v) is 2.76. The second kappa shape index (κ2) is 7.86. The quantitative estimate of drug-likeness (QED) is 0.580. The van der Waals surface area contributed by atoms with E-state index in [1.165, 1.54) is 26.2 Å². The van der Waals surface area contributed by atoms with Gasteiger partial charge in [-0.05, 0) is 18.2 Å². The Balaban J connectivity index is 1.93. The van der Waals surface area contributed by atoms with E-state index in [-0.39, 0.29) is 24.2 Å². The van der Waals surface area contributed by atoms with Gasteiger partial charge in [-0.2, -0.15) is 5.10 Å². The van der Waals surface area contributed by atoms with Crippen molar-refractivity contribution in [2.24, 2.45) is 0 Å².